The van der Waals surface area contributed by atoms with E-state index < -0.39 is 5.41 Å². The van der Waals surface area contributed by atoms with Crippen LogP contribution in [0.5, 0.6) is 0 Å². The predicted octanol–water partition coefficient (Wildman–Crippen LogP) is 4.68. The summed E-state index contributed by atoms with van der Waals surface area (Å²) in [6.45, 7) is 9.93. The van der Waals surface area contributed by atoms with Gasteiger partial charge in [0.15, 0.2) is 0 Å². The van der Waals surface area contributed by atoms with E-state index in [4.69, 9.17) is 0 Å². The second-order valence-electron chi connectivity index (χ2n) is 10.2. The van der Waals surface area contributed by atoms with Crippen LogP contribution in [-0.4, -0.2) is 34.3 Å². The largest absolute Gasteiger partial charge is 0.368 e. The zero-order chi connectivity index (χ0) is 26.7. The van der Waals surface area contributed by atoms with Gasteiger partial charge in [-0.1, -0.05) is 57.5 Å². The van der Waals surface area contributed by atoms with Gasteiger partial charge in [0.2, 0.25) is 5.82 Å². The Labute approximate surface area is 222 Å². The summed E-state index contributed by atoms with van der Waals surface area (Å²) in [5.41, 5.74) is 3.60. The number of nitrogens with one attached hydrogen (secondary N) is 2. The summed E-state index contributed by atoms with van der Waals surface area (Å²) in [6, 6.07) is 10.3. The van der Waals surface area contributed by atoms with E-state index in [-0.39, 0.29) is 5.69 Å². The molecule has 2 N–H and O–H groups in total. The molecule has 0 fully saturated rings. The highest BCUT2D eigenvalue weighted by Gasteiger charge is 2.32. The van der Waals surface area contributed by atoms with Crippen molar-refractivity contribution in [2.45, 2.75) is 71.4 Å². The Bertz CT molecular complexity index is 1490. The van der Waals surface area contributed by atoms with Crippen LogP contribution in [0.1, 0.15) is 63.3 Å². The van der Waals surface area contributed by atoms with Gasteiger partial charge in [0, 0.05) is 36.7 Å². The molecule has 4 aromatic rings. The van der Waals surface area contributed by atoms with Crippen LogP contribution in [0.2, 0.25) is 0 Å². The number of aromatic nitrogens is 7. The molecular weight excluding hydrogens is 476 g/mol. The lowest BCUT2D eigenvalue weighted by atomic mass is 9.78. The molecule has 9 nitrogen and oxygen atoms in total. The van der Waals surface area contributed by atoms with Gasteiger partial charge in [0.25, 0.3) is 0 Å². The maximum atomic E-state index is 14.2. The van der Waals surface area contributed by atoms with Gasteiger partial charge in [-0.2, -0.15) is 5.21 Å². The fourth-order valence-electron chi connectivity index (χ4n) is 5.26. The first-order valence-corrected chi connectivity index (χ1v) is 13.4. The molecule has 38 heavy (non-hydrogen) atoms. The summed E-state index contributed by atoms with van der Waals surface area (Å²) >= 11 is 0. The number of hydrogen-bond donors (Lipinski definition) is 2. The number of benzene rings is 1. The third-order valence-electron chi connectivity index (χ3n) is 7.38. The van der Waals surface area contributed by atoms with Crippen molar-refractivity contribution in [3.8, 4) is 17.2 Å². The van der Waals surface area contributed by atoms with Crippen LogP contribution in [0.15, 0.2) is 72.1 Å². The van der Waals surface area contributed by atoms with Gasteiger partial charge in [-0.3, -0.25) is 9.13 Å². The third-order valence-corrected chi connectivity index (χ3v) is 7.38. The number of aryl methyl sites for hydroxylation is 2. The second kappa shape index (κ2) is 10.7. The summed E-state index contributed by atoms with van der Waals surface area (Å²) in [4.78, 5) is 14.2. The number of tetrazole rings is 1. The predicted molar refractivity (Wildman–Crippen MR) is 149 cm³/mol. The van der Waals surface area contributed by atoms with Gasteiger partial charge in [-0.25, -0.2) is 4.79 Å². The first kappa shape index (κ1) is 25.5. The van der Waals surface area contributed by atoms with Gasteiger partial charge in [-0.05, 0) is 66.6 Å². The molecule has 0 unspecified atom stereocenters. The molecule has 1 aromatic carbocycles. The van der Waals surface area contributed by atoms with E-state index in [0.29, 0.717) is 18.3 Å². The normalized spacial score (nSPS) is 14.3. The molecule has 9 heteroatoms. The Morgan fingerprint density at radius 3 is 2.61 bits per heavy atom. The van der Waals surface area contributed by atoms with Gasteiger partial charge >= 0.3 is 5.69 Å². The average molecular weight is 513 g/mol. The smallest absolute Gasteiger partial charge is 0.334 e. The lowest BCUT2D eigenvalue weighted by Crippen LogP contribution is -2.36. The van der Waals surface area contributed by atoms with Crippen LogP contribution in [0.25, 0.3) is 17.2 Å². The molecule has 3 aromatic heterocycles. The average Bonchev–Trinajstić information content (AvgIpc) is 3.68. The molecule has 1 aliphatic heterocycles. The van der Waals surface area contributed by atoms with Crippen LogP contribution in [0.4, 0.5) is 0 Å². The maximum absolute atomic E-state index is 14.2. The highest BCUT2D eigenvalue weighted by atomic mass is 16.1. The lowest BCUT2D eigenvalue weighted by Gasteiger charge is -2.31. The molecule has 0 bridgehead atoms. The number of aromatic amines is 1. The van der Waals surface area contributed by atoms with E-state index in [9.17, 15) is 4.79 Å². The van der Waals surface area contributed by atoms with E-state index in [1.807, 2.05) is 33.7 Å². The Kier molecular flexibility index (Phi) is 7.18. The minimum absolute atomic E-state index is 0.0135. The number of H-pyrrole nitrogens is 1. The number of dihydropyridines is 1. The molecular formula is C29H36N8O. The Morgan fingerprint density at radius 2 is 1.92 bits per heavy atom. The number of imidazole rings is 1. The Balaban J connectivity index is 1.65. The summed E-state index contributed by atoms with van der Waals surface area (Å²) in [5.74, 6) is 1.81. The number of hydrogen-bond acceptors (Lipinski definition) is 5. The zero-order valence-corrected chi connectivity index (χ0v) is 22.6. The molecule has 0 amide bonds. The molecule has 0 aliphatic carbocycles. The van der Waals surface area contributed by atoms with Crippen molar-refractivity contribution < 1.29 is 0 Å². The van der Waals surface area contributed by atoms with E-state index in [0.717, 1.165) is 48.4 Å². The topological polar surface area (TPSA) is 98.4 Å². The molecule has 0 radical (unpaired) electrons. The quantitative estimate of drug-likeness (QED) is 0.322. The van der Waals surface area contributed by atoms with Crippen LogP contribution in [0, 0.1) is 0 Å². The molecule has 0 spiro atoms. The fraction of sp³-hybridized carbons (Fsp3) is 0.379. The van der Waals surface area contributed by atoms with E-state index >= 15 is 0 Å². The molecule has 0 atom stereocenters. The van der Waals surface area contributed by atoms with Crippen molar-refractivity contribution in [2.75, 3.05) is 0 Å². The van der Waals surface area contributed by atoms with Gasteiger partial charge in [-0.15, -0.1) is 10.2 Å². The van der Waals surface area contributed by atoms with E-state index in [1.54, 1.807) is 0 Å². The second-order valence-corrected chi connectivity index (χ2v) is 10.2. The summed E-state index contributed by atoms with van der Waals surface area (Å²) in [7, 11) is 0. The molecule has 4 heterocycles. The van der Waals surface area contributed by atoms with Crippen molar-refractivity contribution in [3.63, 3.8) is 0 Å². The molecule has 0 saturated carbocycles. The van der Waals surface area contributed by atoms with Crippen molar-refractivity contribution in [1.82, 2.24) is 39.6 Å². The van der Waals surface area contributed by atoms with Gasteiger partial charge < -0.3 is 9.88 Å². The lowest BCUT2D eigenvalue weighted by molar-refractivity contribution is 0.495. The first-order chi connectivity index (χ1) is 18.5. The van der Waals surface area contributed by atoms with E-state index in [2.05, 4.69) is 101 Å². The monoisotopic (exact) mass is 512 g/mol. The minimum Gasteiger partial charge on any atom is -0.368 e. The molecule has 1 aliphatic rings. The highest BCUT2D eigenvalue weighted by Crippen LogP contribution is 2.34. The van der Waals surface area contributed by atoms with E-state index in [1.165, 1.54) is 5.56 Å². The molecule has 5 rings (SSSR count). The van der Waals surface area contributed by atoms with Gasteiger partial charge in [0.1, 0.15) is 5.82 Å². The molecule has 198 valence electrons. The summed E-state index contributed by atoms with van der Waals surface area (Å²) in [6.07, 6.45) is 15.2. The first-order valence-electron chi connectivity index (χ1n) is 13.4. The number of nitrogens with zero attached hydrogens (tertiary/aromatic N) is 6. The Hall–Kier alpha value is -4.14. The number of allylic oxidation sites excluding steroid dienone is 2. The van der Waals surface area contributed by atoms with Crippen molar-refractivity contribution in [2.24, 2.45) is 0 Å². The van der Waals surface area contributed by atoms with Crippen molar-refractivity contribution in [3.05, 3.63) is 94.6 Å². The summed E-state index contributed by atoms with van der Waals surface area (Å²) < 4.78 is 5.99. The minimum atomic E-state index is -0.532. The fourth-order valence-corrected chi connectivity index (χ4v) is 5.26. The Morgan fingerprint density at radius 1 is 1.11 bits per heavy atom. The number of unbranched alkanes of at least 4 members (excludes halogenated alkanes) is 1. The summed E-state index contributed by atoms with van der Waals surface area (Å²) in [5, 5.41) is 17.7. The maximum Gasteiger partial charge on any atom is 0.334 e. The standard InChI is InChI=1S/C29H36N8O/c1-5-7-11-24-19-36(27-25(21(3)4)12-17-35(27)6-2)28(38)37(24)20-29(13-15-30-16-14-29)23-10-8-9-22(18-23)26-31-33-34-32-26/h8-10,12-19,21,30H,5-7,11,20H2,1-4H3,(H,31,32,33,34). The van der Waals surface area contributed by atoms with Crippen LogP contribution in [-0.2, 0) is 24.9 Å². The van der Waals surface area contributed by atoms with Crippen molar-refractivity contribution in [1.29, 1.82) is 0 Å². The van der Waals surface area contributed by atoms with Crippen LogP contribution < -0.4 is 11.0 Å². The third kappa shape index (κ3) is 4.64. The van der Waals surface area contributed by atoms with Crippen LogP contribution in [0.3, 0.4) is 0 Å². The van der Waals surface area contributed by atoms with Crippen molar-refractivity contribution >= 4 is 0 Å². The SMILES string of the molecule is CCCCc1cn(-c2c(C(C)C)ccn2CC)c(=O)n1CC1(c2cccc(-c3nn[nH]n3)c2)C=CNC=C1. The number of rotatable bonds is 10. The molecule has 0 saturated heterocycles. The zero-order valence-electron chi connectivity index (χ0n) is 22.6. The van der Waals surface area contributed by atoms with Crippen LogP contribution >= 0.6 is 0 Å². The van der Waals surface area contributed by atoms with Gasteiger partial charge in [0.05, 0.1) is 5.41 Å². The highest BCUT2D eigenvalue weighted by molar-refractivity contribution is 5.57.